The molecule has 1 unspecified atom stereocenters. The van der Waals surface area contributed by atoms with Crippen molar-refractivity contribution in [2.24, 2.45) is 0 Å². The van der Waals surface area contributed by atoms with Crippen LogP contribution in [0.15, 0.2) is 24.3 Å². The Morgan fingerprint density at radius 2 is 2.32 bits per heavy atom. The molecule has 4 nitrogen and oxygen atoms in total. The molecule has 1 aliphatic rings. The van der Waals surface area contributed by atoms with Crippen LogP contribution in [0, 0.1) is 0 Å². The Labute approximate surface area is 112 Å². The summed E-state index contributed by atoms with van der Waals surface area (Å²) in [4.78, 5) is 17.7. The summed E-state index contributed by atoms with van der Waals surface area (Å²) < 4.78 is 0. The normalized spacial score (nSPS) is 19.2. The van der Waals surface area contributed by atoms with Crippen LogP contribution in [0.1, 0.15) is 36.7 Å². The summed E-state index contributed by atoms with van der Waals surface area (Å²) in [6, 6.07) is 7.95. The number of H-pyrrole nitrogens is 1. The van der Waals surface area contributed by atoms with Gasteiger partial charge in [0, 0.05) is 29.2 Å². The molecule has 1 aromatic heterocycles. The van der Waals surface area contributed by atoms with E-state index in [-0.39, 0.29) is 5.91 Å². The van der Waals surface area contributed by atoms with Crippen LogP contribution in [-0.4, -0.2) is 28.4 Å². The van der Waals surface area contributed by atoms with Crippen LogP contribution in [0.5, 0.6) is 0 Å². The number of aromatic nitrogens is 1. The second-order valence-electron chi connectivity index (χ2n) is 5.23. The zero-order chi connectivity index (χ0) is 13.4. The number of hydrogen-bond acceptors (Lipinski definition) is 2. The first-order chi connectivity index (χ1) is 9.19. The number of anilines is 1. The van der Waals surface area contributed by atoms with E-state index in [1.807, 2.05) is 29.2 Å². The van der Waals surface area contributed by atoms with Crippen molar-refractivity contribution in [2.75, 3.05) is 12.3 Å². The van der Waals surface area contributed by atoms with Gasteiger partial charge in [0.25, 0.3) is 5.91 Å². The zero-order valence-corrected chi connectivity index (χ0v) is 11.1. The van der Waals surface area contributed by atoms with Crippen molar-refractivity contribution in [3.63, 3.8) is 0 Å². The van der Waals surface area contributed by atoms with Crippen molar-refractivity contribution in [3.8, 4) is 0 Å². The maximum Gasteiger partial charge on any atom is 0.270 e. The minimum absolute atomic E-state index is 0.110. The van der Waals surface area contributed by atoms with Crippen molar-refractivity contribution in [1.29, 1.82) is 0 Å². The summed E-state index contributed by atoms with van der Waals surface area (Å²) in [7, 11) is 0. The van der Waals surface area contributed by atoms with Gasteiger partial charge < -0.3 is 15.6 Å². The molecule has 0 radical (unpaired) electrons. The standard InChI is InChI=1S/C15H19N3O/c1-2-12-4-3-7-18(12)15(19)14-9-10-8-11(16)5-6-13(10)17-14/h5-6,8-9,12,17H,2-4,7,16H2,1H3. The first kappa shape index (κ1) is 12.1. The topological polar surface area (TPSA) is 62.1 Å². The summed E-state index contributed by atoms with van der Waals surface area (Å²) in [6.45, 7) is 3.01. The van der Waals surface area contributed by atoms with Crippen molar-refractivity contribution in [3.05, 3.63) is 30.0 Å². The van der Waals surface area contributed by atoms with E-state index < -0.39 is 0 Å². The van der Waals surface area contributed by atoms with Crippen LogP contribution in [-0.2, 0) is 0 Å². The lowest BCUT2D eigenvalue weighted by molar-refractivity contribution is 0.0728. The van der Waals surface area contributed by atoms with E-state index >= 15 is 0 Å². The third-order valence-corrected chi connectivity index (χ3v) is 3.98. The number of aromatic amines is 1. The quantitative estimate of drug-likeness (QED) is 0.813. The number of fused-ring (bicyclic) bond motifs is 1. The molecule has 19 heavy (non-hydrogen) atoms. The van der Waals surface area contributed by atoms with Gasteiger partial charge >= 0.3 is 0 Å². The second-order valence-corrected chi connectivity index (χ2v) is 5.23. The van der Waals surface area contributed by atoms with E-state index in [0.717, 1.165) is 42.4 Å². The number of benzene rings is 1. The zero-order valence-electron chi connectivity index (χ0n) is 11.1. The lowest BCUT2D eigenvalue weighted by Gasteiger charge is -2.22. The van der Waals surface area contributed by atoms with E-state index in [1.165, 1.54) is 0 Å². The Hall–Kier alpha value is -1.97. The molecule has 0 spiro atoms. The molecule has 1 atom stereocenters. The average molecular weight is 257 g/mol. The van der Waals surface area contributed by atoms with Crippen molar-refractivity contribution in [1.82, 2.24) is 9.88 Å². The largest absolute Gasteiger partial charge is 0.399 e. The summed E-state index contributed by atoms with van der Waals surface area (Å²) in [6.07, 6.45) is 3.26. The van der Waals surface area contributed by atoms with Gasteiger partial charge in [0.15, 0.2) is 0 Å². The molecule has 1 amide bonds. The van der Waals surface area contributed by atoms with Gasteiger partial charge in [0.2, 0.25) is 0 Å². The van der Waals surface area contributed by atoms with Crippen LogP contribution in [0.3, 0.4) is 0 Å². The highest BCUT2D eigenvalue weighted by Crippen LogP contribution is 2.24. The number of nitrogen functional groups attached to an aromatic ring is 1. The third kappa shape index (κ3) is 2.07. The lowest BCUT2D eigenvalue weighted by atomic mass is 10.1. The van der Waals surface area contributed by atoms with E-state index in [1.54, 1.807) is 0 Å². The molecular weight excluding hydrogens is 238 g/mol. The van der Waals surface area contributed by atoms with Crippen molar-refractivity contribution >= 4 is 22.5 Å². The molecule has 0 aliphatic carbocycles. The highest BCUT2D eigenvalue weighted by molar-refractivity contribution is 5.98. The predicted molar refractivity (Wildman–Crippen MR) is 77.1 cm³/mol. The van der Waals surface area contributed by atoms with Gasteiger partial charge in [0.05, 0.1) is 0 Å². The molecule has 2 aromatic rings. The number of nitrogens with two attached hydrogens (primary N) is 1. The van der Waals surface area contributed by atoms with E-state index in [4.69, 9.17) is 5.73 Å². The van der Waals surface area contributed by atoms with Gasteiger partial charge in [-0.25, -0.2) is 0 Å². The van der Waals surface area contributed by atoms with E-state index in [0.29, 0.717) is 11.7 Å². The Bertz CT molecular complexity index is 617. The Kier molecular flexibility index (Phi) is 2.93. The Morgan fingerprint density at radius 1 is 1.47 bits per heavy atom. The molecule has 2 heterocycles. The fourth-order valence-electron chi connectivity index (χ4n) is 2.95. The minimum atomic E-state index is 0.110. The van der Waals surface area contributed by atoms with Gasteiger partial charge in [-0.2, -0.15) is 0 Å². The van der Waals surface area contributed by atoms with Gasteiger partial charge in [-0.1, -0.05) is 6.92 Å². The molecule has 0 bridgehead atoms. The fourth-order valence-corrected chi connectivity index (χ4v) is 2.95. The smallest absolute Gasteiger partial charge is 0.270 e. The molecule has 3 rings (SSSR count). The van der Waals surface area contributed by atoms with Crippen molar-refractivity contribution in [2.45, 2.75) is 32.2 Å². The number of amides is 1. The molecule has 100 valence electrons. The first-order valence-electron chi connectivity index (χ1n) is 6.88. The summed E-state index contributed by atoms with van der Waals surface area (Å²) >= 11 is 0. The summed E-state index contributed by atoms with van der Waals surface area (Å²) in [5, 5.41) is 0.996. The van der Waals surface area contributed by atoms with Crippen LogP contribution in [0.25, 0.3) is 10.9 Å². The highest BCUT2D eigenvalue weighted by atomic mass is 16.2. The summed E-state index contributed by atoms with van der Waals surface area (Å²) in [5.74, 6) is 0.110. The number of nitrogens with one attached hydrogen (secondary N) is 1. The molecule has 1 aliphatic heterocycles. The SMILES string of the molecule is CCC1CCCN1C(=O)c1cc2cc(N)ccc2[nH]1. The van der Waals surface area contributed by atoms with Gasteiger partial charge in [-0.05, 0) is 43.5 Å². The third-order valence-electron chi connectivity index (χ3n) is 3.98. The van der Waals surface area contributed by atoms with E-state index in [2.05, 4.69) is 11.9 Å². The number of carbonyl (C=O) groups excluding carboxylic acids is 1. The van der Waals surface area contributed by atoms with Gasteiger partial charge in [-0.15, -0.1) is 0 Å². The molecule has 1 fully saturated rings. The van der Waals surface area contributed by atoms with Crippen LogP contribution < -0.4 is 5.73 Å². The molecule has 1 aromatic carbocycles. The Morgan fingerprint density at radius 3 is 3.11 bits per heavy atom. The average Bonchev–Trinajstić information content (AvgIpc) is 3.03. The highest BCUT2D eigenvalue weighted by Gasteiger charge is 2.28. The maximum atomic E-state index is 12.5. The molecule has 4 heteroatoms. The fraction of sp³-hybridized carbons (Fsp3) is 0.400. The summed E-state index contributed by atoms with van der Waals surface area (Å²) in [5.41, 5.74) is 8.12. The molecule has 0 saturated carbocycles. The molecular formula is C15H19N3O. The van der Waals surface area contributed by atoms with Crippen LogP contribution in [0.4, 0.5) is 5.69 Å². The van der Waals surface area contributed by atoms with E-state index in [9.17, 15) is 4.79 Å². The van der Waals surface area contributed by atoms with Gasteiger partial charge in [-0.3, -0.25) is 4.79 Å². The Balaban J connectivity index is 1.93. The molecule has 1 saturated heterocycles. The number of nitrogens with zero attached hydrogens (tertiary/aromatic N) is 1. The first-order valence-corrected chi connectivity index (χ1v) is 6.88. The lowest BCUT2D eigenvalue weighted by Crippen LogP contribution is -2.35. The number of hydrogen-bond donors (Lipinski definition) is 2. The number of rotatable bonds is 2. The minimum Gasteiger partial charge on any atom is -0.399 e. The van der Waals surface area contributed by atoms with Gasteiger partial charge in [0.1, 0.15) is 5.69 Å². The number of likely N-dealkylation sites (tertiary alicyclic amines) is 1. The maximum absolute atomic E-state index is 12.5. The van der Waals surface area contributed by atoms with Crippen LogP contribution in [0.2, 0.25) is 0 Å². The monoisotopic (exact) mass is 257 g/mol. The number of carbonyl (C=O) groups is 1. The molecule has 3 N–H and O–H groups in total. The van der Waals surface area contributed by atoms with Crippen LogP contribution >= 0.6 is 0 Å². The van der Waals surface area contributed by atoms with Crippen molar-refractivity contribution < 1.29 is 4.79 Å². The predicted octanol–water partition coefficient (Wildman–Crippen LogP) is 2.76. The second kappa shape index (κ2) is 4.61.